The second kappa shape index (κ2) is 5.24. The van der Waals surface area contributed by atoms with E-state index in [0.29, 0.717) is 10.9 Å². The van der Waals surface area contributed by atoms with Crippen LogP contribution >= 0.6 is 0 Å². The molecule has 1 unspecified atom stereocenters. The summed E-state index contributed by atoms with van der Waals surface area (Å²) in [5, 5.41) is 4.76. The van der Waals surface area contributed by atoms with Gasteiger partial charge >= 0.3 is 0 Å². The second-order valence-corrected chi connectivity index (χ2v) is 4.76. The molecule has 1 atom stereocenters. The zero-order valence-corrected chi connectivity index (χ0v) is 11.2. The molecule has 6 heteroatoms. The summed E-state index contributed by atoms with van der Waals surface area (Å²) in [6, 6.07) is 3.67. The summed E-state index contributed by atoms with van der Waals surface area (Å²) < 4.78 is 3.53. The fraction of sp³-hybridized carbons (Fsp3) is 0.286. The van der Waals surface area contributed by atoms with Crippen molar-refractivity contribution in [3.63, 3.8) is 0 Å². The molecule has 0 aliphatic carbocycles. The Morgan fingerprint density at radius 2 is 2.25 bits per heavy atom. The van der Waals surface area contributed by atoms with Crippen LogP contribution < -0.4 is 5.56 Å². The Kier molecular flexibility index (Phi) is 3.28. The van der Waals surface area contributed by atoms with E-state index in [9.17, 15) is 4.79 Å². The summed E-state index contributed by atoms with van der Waals surface area (Å²) in [6.45, 7) is 2.79. The van der Waals surface area contributed by atoms with Crippen LogP contribution in [0, 0.1) is 0 Å². The van der Waals surface area contributed by atoms with Crippen LogP contribution in [0.15, 0.2) is 48.0 Å². The summed E-state index contributed by atoms with van der Waals surface area (Å²) in [7, 11) is 0. The highest BCUT2D eigenvalue weighted by molar-refractivity contribution is 5.75. The molecule has 0 spiro atoms. The van der Waals surface area contributed by atoms with Crippen LogP contribution in [0.5, 0.6) is 0 Å². The smallest absolute Gasteiger partial charge is 0.261 e. The van der Waals surface area contributed by atoms with Gasteiger partial charge < -0.3 is 0 Å². The molecule has 0 N–H and O–H groups in total. The lowest BCUT2D eigenvalue weighted by Crippen LogP contribution is -2.24. The standard InChI is InChI=1S/C14H15N5O/c1-11(4-8-18-7-2-5-17-18)19-10-16-13-9-15-6-3-12(13)14(19)20/h2-3,5-7,9-11H,4,8H2,1H3. The molecule has 0 saturated heterocycles. The number of rotatable bonds is 4. The fourth-order valence-corrected chi connectivity index (χ4v) is 2.19. The maximum absolute atomic E-state index is 12.4. The molecule has 3 aromatic rings. The Hall–Kier alpha value is -2.50. The molecule has 0 radical (unpaired) electrons. The summed E-state index contributed by atoms with van der Waals surface area (Å²) in [5.74, 6) is 0. The van der Waals surface area contributed by atoms with E-state index in [1.165, 1.54) is 0 Å². The highest BCUT2D eigenvalue weighted by Crippen LogP contribution is 2.11. The molecule has 0 aromatic carbocycles. The first-order chi connectivity index (χ1) is 9.75. The lowest BCUT2D eigenvalue weighted by molar-refractivity contribution is 0.435. The molecule has 0 amide bonds. The molecule has 0 aliphatic rings. The van der Waals surface area contributed by atoms with Crippen molar-refractivity contribution in [2.45, 2.75) is 25.9 Å². The minimum Gasteiger partial charge on any atom is -0.296 e. The zero-order chi connectivity index (χ0) is 13.9. The average Bonchev–Trinajstić information content (AvgIpc) is 2.99. The Morgan fingerprint density at radius 3 is 3.05 bits per heavy atom. The van der Waals surface area contributed by atoms with Gasteiger partial charge in [-0.25, -0.2) is 4.98 Å². The van der Waals surface area contributed by atoms with Crippen molar-refractivity contribution in [3.05, 3.63) is 53.6 Å². The molecule has 102 valence electrons. The Morgan fingerprint density at radius 1 is 1.35 bits per heavy atom. The Bertz CT molecular complexity index is 763. The van der Waals surface area contributed by atoms with Crippen LogP contribution in [0.4, 0.5) is 0 Å². The number of pyridine rings is 1. The van der Waals surface area contributed by atoms with Gasteiger partial charge in [0.25, 0.3) is 5.56 Å². The van der Waals surface area contributed by atoms with Crippen molar-refractivity contribution in [1.29, 1.82) is 0 Å². The molecule has 6 nitrogen and oxygen atoms in total. The van der Waals surface area contributed by atoms with Crippen LogP contribution in [0.3, 0.4) is 0 Å². The highest BCUT2D eigenvalue weighted by Gasteiger charge is 2.10. The third kappa shape index (κ3) is 2.32. The Balaban J connectivity index is 1.86. The van der Waals surface area contributed by atoms with Crippen molar-refractivity contribution in [2.75, 3.05) is 0 Å². The van der Waals surface area contributed by atoms with Crippen molar-refractivity contribution < 1.29 is 0 Å². The van der Waals surface area contributed by atoms with Gasteiger partial charge in [0.1, 0.15) is 0 Å². The van der Waals surface area contributed by atoms with Gasteiger partial charge in [0.05, 0.1) is 23.4 Å². The third-order valence-corrected chi connectivity index (χ3v) is 3.40. The number of nitrogens with zero attached hydrogens (tertiary/aromatic N) is 5. The average molecular weight is 269 g/mol. The van der Waals surface area contributed by atoms with E-state index in [4.69, 9.17) is 0 Å². The predicted octanol–water partition coefficient (Wildman–Crippen LogP) is 1.64. The monoisotopic (exact) mass is 269 g/mol. The van der Waals surface area contributed by atoms with E-state index in [-0.39, 0.29) is 11.6 Å². The van der Waals surface area contributed by atoms with E-state index in [2.05, 4.69) is 15.1 Å². The third-order valence-electron chi connectivity index (χ3n) is 3.40. The van der Waals surface area contributed by atoms with Crippen LogP contribution in [0.25, 0.3) is 10.9 Å². The van der Waals surface area contributed by atoms with Gasteiger partial charge in [-0.15, -0.1) is 0 Å². The molecular weight excluding hydrogens is 254 g/mol. The van der Waals surface area contributed by atoms with Crippen molar-refractivity contribution >= 4 is 10.9 Å². The number of aromatic nitrogens is 5. The van der Waals surface area contributed by atoms with Crippen molar-refractivity contribution in [1.82, 2.24) is 24.3 Å². The maximum atomic E-state index is 12.4. The SMILES string of the molecule is CC(CCn1cccn1)n1cnc2cnccc2c1=O. The lowest BCUT2D eigenvalue weighted by atomic mass is 10.2. The summed E-state index contributed by atoms with van der Waals surface area (Å²) in [5.41, 5.74) is 0.610. The molecule has 3 aromatic heterocycles. The first-order valence-corrected chi connectivity index (χ1v) is 6.54. The summed E-state index contributed by atoms with van der Waals surface area (Å²) in [4.78, 5) is 20.7. The van der Waals surface area contributed by atoms with Gasteiger partial charge in [-0.3, -0.25) is 19.0 Å². The molecule has 3 rings (SSSR count). The quantitative estimate of drug-likeness (QED) is 0.722. The maximum Gasteiger partial charge on any atom is 0.261 e. The first-order valence-electron chi connectivity index (χ1n) is 6.54. The van der Waals surface area contributed by atoms with E-state index in [0.717, 1.165) is 13.0 Å². The predicted molar refractivity (Wildman–Crippen MR) is 75.4 cm³/mol. The van der Waals surface area contributed by atoms with Crippen LogP contribution in [0.1, 0.15) is 19.4 Å². The lowest BCUT2D eigenvalue weighted by Gasteiger charge is -2.15. The molecule has 0 aliphatic heterocycles. The van der Waals surface area contributed by atoms with Gasteiger partial charge in [0.15, 0.2) is 0 Å². The van der Waals surface area contributed by atoms with Gasteiger partial charge in [-0.2, -0.15) is 5.10 Å². The van der Waals surface area contributed by atoms with Crippen LogP contribution in [-0.4, -0.2) is 24.3 Å². The second-order valence-electron chi connectivity index (χ2n) is 4.76. The number of hydrogen-bond acceptors (Lipinski definition) is 4. The van der Waals surface area contributed by atoms with Gasteiger partial charge in [0, 0.05) is 31.2 Å². The minimum atomic E-state index is -0.0228. The van der Waals surface area contributed by atoms with Crippen LogP contribution in [-0.2, 0) is 6.54 Å². The van der Waals surface area contributed by atoms with Gasteiger partial charge in [-0.05, 0) is 25.5 Å². The Labute approximate surface area is 115 Å². The van der Waals surface area contributed by atoms with E-state index >= 15 is 0 Å². The molecule has 20 heavy (non-hydrogen) atoms. The summed E-state index contributed by atoms with van der Waals surface area (Å²) in [6.07, 6.45) is 9.31. The fourth-order valence-electron chi connectivity index (χ4n) is 2.19. The van der Waals surface area contributed by atoms with Crippen molar-refractivity contribution in [2.24, 2.45) is 0 Å². The summed E-state index contributed by atoms with van der Waals surface area (Å²) >= 11 is 0. The highest BCUT2D eigenvalue weighted by atomic mass is 16.1. The molecule has 0 fully saturated rings. The molecule has 0 bridgehead atoms. The topological polar surface area (TPSA) is 65.6 Å². The first kappa shape index (κ1) is 12.5. The van der Waals surface area contributed by atoms with Gasteiger partial charge in [0.2, 0.25) is 0 Å². The number of aryl methyl sites for hydroxylation is 1. The largest absolute Gasteiger partial charge is 0.296 e. The van der Waals surface area contributed by atoms with E-state index in [1.54, 1.807) is 35.6 Å². The minimum absolute atomic E-state index is 0.0228. The molecule has 0 saturated carbocycles. The number of hydrogen-bond donors (Lipinski definition) is 0. The molecule has 3 heterocycles. The number of fused-ring (bicyclic) bond motifs is 1. The normalized spacial score (nSPS) is 12.7. The van der Waals surface area contributed by atoms with E-state index < -0.39 is 0 Å². The van der Waals surface area contributed by atoms with Gasteiger partial charge in [-0.1, -0.05) is 0 Å². The van der Waals surface area contributed by atoms with E-state index in [1.807, 2.05) is 23.9 Å². The zero-order valence-electron chi connectivity index (χ0n) is 11.2. The van der Waals surface area contributed by atoms with Crippen LogP contribution in [0.2, 0.25) is 0 Å². The molecular formula is C14H15N5O. The van der Waals surface area contributed by atoms with Crippen molar-refractivity contribution in [3.8, 4) is 0 Å².